The van der Waals surface area contributed by atoms with Crippen LogP contribution in [-0.2, 0) is 6.42 Å². The Morgan fingerprint density at radius 2 is 1.83 bits per heavy atom. The molecule has 1 aromatic heterocycles. The van der Waals surface area contributed by atoms with E-state index in [0.717, 1.165) is 11.3 Å². The third kappa shape index (κ3) is 4.51. The Labute approximate surface area is 135 Å². The molecule has 8 nitrogen and oxygen atoms in total. The molecule has 0 fully saturated rings. The molecular formula is C14H14N4O4S. The number of amides is 3. The molecule has 0 aliphatic rings. The summed E-state index contributed by atoms with van der Waals surface area (Å²) in [5.74, 6) is -0.409. The average Bonchev–Trinajstić information content (AvgIpc) is 3.02. The zero-order valence-corrected chi connectivity index (χ0v) is 13.0. The van der Waals surface area contributed by atoms with E-state index in [0.29, 0.717) is 10.6 Å². The Bertz CT molecular complexity index is 727. The van der Waals surface area contributed by atoms with Crippen LogP contribution >= 0.6 is 11.3 Å². The summed E-state index contributed by atoms with van der Waals surface area (Å²) in [7, 11) is 0. The van der Waals surface area contributed by atoms with Crippen molar-refractivity contribution in [2.45, 2.75) is 13.3 Å². The van der Waals surface area contributed by atoms with Crippen LogP contribution in [0, 0.1) is 10.1 Å². The van der Waals surface area contributed by atoms with Crippen LogP contribution in [-0.4, -0.2) is 16.9 Å². The molecule has 0 atom stereocenters. The molecule has 0 unspecified atom stereocenters. The zero-order valence-electron chi connectivity index (χ0n) is 12.2. The van der Waals surface area contributed by atoms with Crippen LogP contribution in [0.25, 0.3) is 0 Å². The average molecular weight is 334 g/mol. The first-order valence-electron chi connectivity index (χ1n) is 6.70. The highest BCUT2D eigenvalue weighted by atomic mass is 32.1. The molecule has 2 aromatic rings. The number of hydrogen-bond acceptors (Lipinski definition) is 5. The van der Waals surface area contributed by atoms with Crippen molar-refractivity contribution in [1.82, 2.24) is 10.9 Å². The number of carbonyl (C=O) groups is 2. The molecule has 0 radical (unpaired) electrons. The van der Waals surface area contributed by atoms with Crippen molar-refractivity contribution < 1.29 is 14.5 Å². The molecule has 0 saturated carbocycles. The number of rotatable bonds is 4. The van der Waals surface area contributed by atoms with Gasteiger partial charge in [0.15, 0.2) is 0 Å². The number of hydrazine groups is 1. The van der Waals surface area contributed by atoms with Crippen LogP contribution < -0.4 is 16.2 Å². The molecule has 2 rings (SSSR count). The third-order valence-corrected chi connectivity index (χ3v) is 4.09. The van der Waals surface area contributed by atoms with Crippen LogP contribution in [0.2, 0.25) is 0 Å². The number of nitro benzene ring substituents is 1. The minimum absolute atomic E-state index is 0.0753. The van der Waals surface area contributed by atoms with E-state index >= 15 is 0 Å². The molecule has 1 aromatic carbocycles. The SMILES string of the molecule is CCc1ccc(C(=O)NNC(=O)Nc2ccc([N+](=O)[O-])cc2)s1. The highest BCUT2D eigenvalue weighted by Crippen LogP contribution is 2.16. The van der Waals surface area contributed by atoms with E-state index in [1.165, 1.54) is 35.6 Å². The maximum Gasteiger partial charge on any atom is 0.337 e. The number of nitro groups is 1. The van der Waals surface area contributed by atoms with E-state index in [-0.39, 0.29) is 5.69 Å². The van der Waals surface area contributed by atoms with Gasteiger partial charge in [0, 0.05) is 22.7 Å². The number of thiophene rings is 1. The fourth-order valence-corrected chi connectivity index (χ4v) is 2.54. The number of nitrogens with zero attached hydrogens (tertiary/aromatic N) is 1. The summed E-state index contributed by atoms with van der Waals surface area (Å²) in [6.07, 6.45) is 0.839. The van der Waals surface area contributed by atoms with Crippen LogP contribution in [0.1, 0.15) is 21.5 Å². The van der Waals surface area contributed by atoms with Crippen LogP contribution in [0.3, 0.4) is 0 Å². The number of benzene rings is 1. The van der Waals surface area contributed by atoms with E-state index in [1.54, 1.807) is 6.07 Å². The van der Waals surface area contributed by atoms with E-state index < -0.39 is 16.9 Å². The maximum absolute atomic E-state index is 11.8. The van der Waals surface area contributed by atoms with Crippen molar-refractivity contribution >= 4 is 34.6 Å². The maximum atomic E-state index is 11.8. The smallest absolute Gasteiger partial charge is 0.307 e. The number of hydrogen-bond donors (Lipinski definition) is 3. The number of non-ortho nitro benzene ring substituents is 1. The van der Waals surface area contributed by atoms with Gasteiger partial charge >= 0.3 is 6.03 Å². The van der Waals surface area contributed by atoms with Gasteiger partial charge in [-0.1, -0.05) is 6.92 Å². The predicted molar refractivity (Wildman–Crippen MR) is 86.4 cm³/mol. The van der Waals surface area contributed by atoms with Gasteiger partial charge in [0.05, 0.1) is 9.80 Å². The fourth-order valence-electron chi connectivity index (χ4n) is 1.69. The second-order valence-electron chi connectivity index (χ2n) is 4.46. The molecule has 3 amide bonds. The molecule has 0 bridgehead atoms. The second kappa shape index (κ2) is 7.36. The van der Waals surface area contributed by atoms with Gasteiger partial charge in [-0.15, -0.1) is 11.3 Å². The van der Waals surface area contributed by atoms with Gasteiger partial charge in [-0.05, 0) is 30.7 Å². The Kier molecular flexibility index (Phi) is 5.26. The quantitative estimate of drug-likeness (QED) is 0.589. The largest absolute Gasteiger partial charge is 0.337 e. The Morgan fingerprint density at radius 1 is 1.13 bits per heavy atom. The van der Waals surface area contributed by atoms with E-state index in [1.807, 2.05) is 13.0 Å². The highest BCUT2D eigenvalue weighted by molar-refractivity contribution is 7.14. The summed E-state index contributed by atoms with van der Waals surface area (Å²) in [4.78, 5) is 35.1. The number of urea groups is 1. The summed E-state index contributed by atoms with van der Waals surface area (Å²) in [6, 6.07) is 8.22. The minimum atomic E-state index is -0.653. The van der Waals surface area contributed by atoms with Gasteiger partial charge in [0.2, 0.25) is 0 Å². The lowest BCUT2D eigenvalue weighted by atomic mass is 10.3. The first-order chi connectivity index (χ1) is 11.0. The van der Waals surface area contributed by atoms with Crippen LogP contribution in [0.5, 0.6) is 0 Å². The zero-order chi connectivity index (χ0) is 16.8. The van der Waals surface area contributed by atoms with Crippen LogP contribution in [0.15, 0.2) is 36.4 Å². The number of aryl methyl sites for hydroxylation is 1. The monoisotopic (exact) mass is 334 g/mol. The van der Waals surface area contributed by atoms with Gasteiger partial charge in [-0.2, -0.15) is 0 Å². The van der Waals surface area contributed by atoms with E-state index in [9.17, 15) is 19.7 Å². The van der Waals surface area contributed by atoms with Crippen molar-refractivity contribution in [1.29, 1.82) is 0 Å². The predicted octanol–water partition coefficient (Wildman–Crippen LogP) is 2.69. The number of carbonyl (C=O) groups excluding carboxylic acids is 2. The number of nitrogens with one attached hydrogen (secondary N) is 3. The van der Waals surface area contributed by atoms with Crippen molar-refractivity contribution in [2.75, 3.05) is 5.32 Å². The highest BCUT2D eigenvalue weighted by Gasteiger charge is 2.10. The first kappa shape index (κ1) is 16.4. The molecule has 0 spiro atoms. The summed E-state index contributed by atoms with van der Waals surface area (Å²) in [5, 5.41) is 13.0. The molecule has 3 N–H and O–H groups in total. The number of anilines is 1. The topological polar surface area (TPSA) is 113 Å². The minimum Gasteiger partial charge on any atom is -0.307 e. The molecule has 0 aliphatic heterocycles. The van der Waals surface area contributed by atoms with Gasteiger partial charge in [-0.25, -0.2) is 10.2 Å². The van der Waals surface area contributed by atoms with E-state index in [2.05, 4.69) is 16.2 Å². The summed E-state index contributed by atoms with van der Waals surface area (Å²) in [6.45, 7) is 1.99. The van der Waals surface area contributed by atoms with Gasteiger partial charge in [-0.3, -0.25) is 20.3 Å². The van der Waals surface area contributed by atoms with Crippen molar-refractivity contribution in [2.24, 2.45) is 0 Å². The van der Waals surface area contributed by atoms with Crippen molar-refractivity contribution in [3.63, 3.8) is 0 Å². The summed E-state index contributed by atoms with van der Waals surface area (Å²) in [5.41, 5.74) is 4.80. The summed E-state index contributed by atoms with van der Waals surface area (Å²) < 4.78 is 0. The van der Waals surface area contributed by atoms with Gasteiger partial charge in [0.25, 0.3) is 11.6 Å². The lowest BCUT2D eigenvalue weighted by molar-refractivity contribution is -0.384. The van der Waals surface area contributed by atoms with Crippen molar-refractivity contribution in [3.8, 4) is 0 Å². The van der Waals surface area contributed by atoms with Crippen LogP contribution in [0.4, 0.5) is 16.2 Å². The normalized spacial score (nSPS) is 9.96. The Hall–Kier alpha value is -2.94. The second-order valence-corrected chi connectivity index (χ2v) is 5.63. The molecular weight excluding hydrogens is 320 g/mol. The third-order valence-electron chi connectivity index (χ3n) is 2.86. The molecule has 1 heterocycles. The molecule has 0 saturated heterocycles. The molecule has 9 heteroatoms. The standard InChI is InChI=1S/C14H14N4O4S/c1-2-11-7-8-12(23-11)13(19)16-17-14(20)15-9-3-5-10(6-4-9)18(21)22/h3-8H,2H2,1H3,(H,16,19)(H2,15,17,20). The molecule has 0 aliphatic carbocycles. The Balaban J connectivity index is 1.84. The Morgan fingerprint density at radius 3 is 2.39 bits per heavy atom. The van der Waals surface area contributed by atoms with Crippen molar-refractivity contribution in [3.05, 3.63) is 56.3 Å². The molecule has 23 heavy (non-hydrogen) atoms. The first-order valence-corrected chi connectivity index (χ1v) is 7.51. The van der Waals surface area contributed by atoms with E-state index in [4.69, 9.17) is 0 Å². The summed E-state index contributed by atoms with van der Waals surface area (Å²) >= 11 is 1.35. The lowest BCUT2D eigenvalue weighted by Crippen LogP contribution is -2.43. The fraction of sp³-hybridized carbons (Fsp3) is 0.143. The lowest BCUT2D eigenvalue weighted by Gasteiger charge is -2.08. The van der Waals surface area contributed by atoms with Gasteiger partial charge < -0.3 is 5.32 Å². The molecule has 120 valence electrons. The van der Waals surface area contributed by atoms with Gasteiger partial charge in [0.1, 0.15) is 0 Å².